The molecule has 180 valence electrons. The predicted octanol–water partition coefficient (Wildman–Crippen LogP) is 4.59. The van der Waals surface area contributed by atoms with Crippen LogP contribution in [0.1, 0.15) is 37.8 Å². The zero-order valence-electron chi connectivity index (χ0n) is 19.6. The number of benzene rings is 2. The van der Waals surface area contributed by atoms with Crippen LogP contribution in [-0.4, -0.2) is 41.1 Å². The van der Waals surface area contributed by atoms with E-state index in [2.05, 4.69) is 10.6 Å². The second-order valence-electron chi connectivity index (χ2n) is 8.74. The normalized spacial score (nSPS) is 21.3. The first-order valence-corrected chi connectivity index (χ1v) is 12.7. The molecule has 0 aliphatic carbocycles. The maximum absolute atomic E-state index is 13.5. The van der Waals surface area contributed by atoms with Gasteiger partial charge in [0.25, 0.3) is 5.91 Å². The lowest BCUT2D eigenvalue weighted by atomic mass is 9.93. The lowest BCUT2D eigenvalue weighted by molar-refractivity contribution is -0.121. The van der Waals surface area contributed by atoms with Gasteiger partial charge in [-0.1, -0.05) is 60.3 Å². The second-order valence-corrected chi connectivity index (χ2v) is 9.58. The van der Waals surface area contributed by atoms with E-state index in [1.54, 1.807) is 0 Å². The molecule has 1 fully saturated rings. The molecular formula is C27H28N4O3S. The van der Waals surface area contributed by atoms with Crippen molar-refractivity contribution < 1.29 is 14.3 Å². The Morgan fingerprint density at radius 3 is 2.57 bits per heavy atom. The summed E-state index contributed by atoms with van der Waals surface area (Å²) >= 11 is 1.48. The van der Waals surface area contributed by atoms with Crippen molar-refractivity contribution in [2.75, 3.05) is 18.5 Å². The number of aliphatic imine (C=N–C) groups is 1. The lowest BCUT2D eigenvalue weighted by Gasteiger charge is -2.36. The van der Waals surface area contributed by atoms with Crippen molar-refractivity contribution in [2.24, 2.45) is 4.99 Å². The summed E-state index contributed by atoms with van der Waals surface area (Å²) in [6, 6.07) is 18.9. The van der Waals surface area contributed by atoms with Crippen molar-refractivity contribution >= 4 is 34.4 Å². The Morgan fingerprint density at radius 1 is 1.11 bits per heavy atom. The van der Waals surface area contributed by atoms with E-state index in [0.717, 1.165) is 41.6 Å². The number of fused-ring (bicyclic) bond motifs is 1. The smallest absolute Gasteiger partial charge is 0.255 e. The summed E-state index contributed by atoms with van der Waals surface area (Å²) in [5.74, 6) is -0.272. The van der Waals surface area contributed by atoms with Crippen LogP contribution in [-0.2, 0) is 14.3 Å². The Balaban J connectivity index is 1.41. The van der Waals surface area contributed by atoms with Gasteiger partial charge in [0.15, 0.2) is 5.17 Å². The summed E-state index contributed by atoms with van der Waals surface area (Å²) in [4.78, 5) is 33.1. The maximum Gasteiger partial charge on any atom is 0.255 e. The number of hydrogen-bond donors (Lipinski definition) is 2. The molecule has 3 heterocycles. The molecule has 1 saturated heterocycles. The SMILES string of the molecule is CC1=C(C(=O)Nc2ccccc2)C(c2ccccc2)N2C(CC(=O)NCC3CCCO3)=CSC2=N1. The number of allylic oxidation sites excluding steroid dienone is 1. The summed E-state index contributed by atoms with van der Waals surface area (Å²) in [7, 11) is 0. The van der Waals surface area contributed by atoms with Gasteiger partial charge in [-0.2, -0.15) is 0 Å². The van der Waals surface area contributed by atoms with Crippen molar-refractivity contribution in [1.82, 2.24) is 10.2 Å². The van der Waals surface area contributed by atoms with Gasteiger partial charge in [-0.3, -0.25) is 9.59 Å². The van der Waals surface area contributed by atoms with Crippen molar-refractivity contribution in [3.05, 3.63) is 88.6 Å². The fourth-order valence-corrected chi connectivity index (χ4v) is 5.55. The number of amides is 2. The van der Waals surface area contributed by atoms with Crippen LogP contribution >= 0.6 is 11.8 Å². The van der Waals surface area contributed by atoms with Gasteiger partial charge in [0.05, 0.1) is 29.8 Å². The number of nitrogens with one attached hydrogen (secondary N) is 2. The highest BCUT2D eigenvalue weighted by molar-refractivity contribution is 8.16. The van der Waals surface area contributed by atoms with Crippen LogP contribution in [0.3, 0.4) is 0 Å². The van der Waals surface area contributed by atoms with E-state index in [1.165, 1.54) is 11.8 Å². The van der Waals surface area contributed by atoms with Gasteiger partial charge in [0, 0.05) is 24.5 Å². The number of nitrogens with zero attached hydrogens (tertiary/aromatic N) is 2. The summed E-state index contributed by atoms with van der Waals surface area (Å²) in [5, 5.41) is 8.76. The van der Waals surface area contributed by atoms with Crippen LogP contribution in [0, 0.1) is 0 Å². The molecule has 0 aromatic heterocycles. The average molecular weight is 489 g/mol. The second kappa shape index (κ2) is 10.5. The number of rotatable bonds is 7. The number of anilines is 1. The lowest BCUT2D eigenvalue weighted by Crippen LogP contribution is -2.39. The van der Waals surface area contributed by atoms with Crippen LogP contribution in [0.5, 0.6) is 0 Å². The standard InChI is InChI=1S/C27H28N4O3S/c1-18-24(26(33)30-20-11-6-3-7-12-20)25(19-9-4-2-5-10-19)31-21(17-35-27(31)29-18)15-23(32)28-16-22-13-8-14-34-22/h2-7,9-12,17,22,25H,8,13-16H2,1H3,(H,28,32)(H,30,33). The van der Waals surface area contributed by atoms with Crippen LogP contribution in [0.4, 0.5) is 5.69 Å². The highest BCUT2D eigenvalue weighted by Gasteiger charge is 2.40. The molecule has 0 radical (unpaired) electrons. The average Bonchev–Trinajstić information content (AvgIpc) is 3.53. The van der Waals surface area contributed by atoms with Gasteiger partial charge >= 0.3 is 0 Å². The highest BCUT2D eigenvalue weighted by atomic mass is 32.2. The first-order chi connectivity index (χ1) is 17.1. The Hall–Kier alpha value is -3.36. The highest BCUT2D eigenvalue weighted by Crippen LogP contribution is 2.44. The van der Waals surface area contributed by atoms with Crippen molar-refractivity contribution in [2.45, 2.75) is 38.3 Å². The molecule has 35 heavy (non-hydrogen) atoms. The van der Waals surface area contributed by atoms with E-state index in [-0.39, 0.29) is 30.4 Å². The van der Waals surface area contributed by atoms with E-state index in [9.17, 15) is 9.59 Å². The van der Waals surface area contributed by atoms with Gasteiger partial charge in [-0.15, -0.1) is 0 Å². The molecule has 2 unspecified atom stereocenters. The van der Waals surface area contributed by atoms with Gasteiger partial charge in [-0.05, 0) is 42.9 Å². The van der Waals surface area contributed by atoms with Crippen molar-refractivity contribution in [3.63, 3.8) is 0 Å². The minimum atomic E-state index is -0.389. The van der Waals surface area contributed by atoms with Gasteiger partial charge < -0.3 is 20.3 Å². The molecule has 2 atom stereocenters. The molecule has 8 heteroatoms. The number of amidine groups is 1. The zero-order valence-corrected chi connectivity index (χ0v) is 20.4. The first kappa shape index (κ1) is 23.4. The van der Waals surface area contributed by atoms with E-state index in [0.29, 0.717) is 17.8 Å². The van der Waals surface area contributed by atoms with Crippen LogP contribution in [0.2, 0.25) is 0 Å². The van der Waals surface area contributed by atoms with Gasteiger partial charge in [0.1, 0.15) is 0 Å². The van der Waals surface area contributed by atoms with Crippen molar-refractivity contribution in [1.29, 1.82) is 0 Å². The number of carbonyl (C=O) groups is 2. The Morgan fingerprint density at radius 2 is 1.86 bits per heavy atom. The molecule has 3 aliphatic rings. The summed E-state index contributed by atoms with van der Waals surface area (Å²) < 4.78 is 5.62. The third kappa shape index (κ3) is 5.18. The molecule has 3 aliphatic heterocycles. The Bertz CT molecular complexity index is 1190. The van der Waals surface area contributed by atoms with E-state index in [1.807, 2.05) is 77.9 Å². The largest absolute Gasteiger partial charge is 0.376 e. The molecule has 0 saturated carbocycles. The van der Waals surface area contributed by atoms with Crippen LogP contribution in [0.25, 0.3) is 0 Å². The number of ether oxygens (including phenoxy) is 1. The van der Waals surface area contributed by atoms with Gasteiger partial charge in [-0.25, -0.2) is 4.99 Å². The summed E-state index contributed by atoms with van der Waals surface area (Å²) in [6.07, 6.45) is 2.30. The van der Waals surface area contributed by atoms with E-state index >= 15 is 0 Å². The number of hydrogen-bond acceptors (Lipinski definition) is 6. The fraction of sp³-hybridized carbons (Fsp3) is 0.296. The molecule has 2 aromatic carbocycles. The van der Waals surface area contributed by atoms with Crippen LogP contribution in [0.15, 0.2) is 88.0 Å². The third-order valence-electron chi connectivity index (χ3n) is 6.28. The third-order valence-corrected chi connectivity index (χ3v) is 7.17. The van der Waals surface area contributed by atoms with E-state index in [4.69, 9.17) is 9.73 Å². The molecule has 7 nitrogen and oxygen atoms in total. The molecule has 0 bridgehead atoms. The van der Waals surface area contributed by atoms with Crippen molar-refractivity contribution in [3.8, 4) is 0 Å². The van der Waals surface area contributed by atoms with E-state index < -0.39 is 0 Å². The topological polar surface area (TPSA) is 83.0 Å². The molecule has 0 spiro atoms. The maximum atomic E-state index is 13.5. The Labute approximate surface area is 209 Å². The predicted molar refractivity (Wildman–Crippen MR) is 139 cm³/mol. The molecule has 2 amide bonds. The quantitative estimate of drug-likeness (QED) is 0.596. The van der Waals surface area contributed by atoms with Gasteiger partial charge in [0.2, 0.25) is 5.91 Å². The summed E-state index contributed by atoms with van der Waals surface area (Å²) in [5.41, 5.74) is 3.75. The zero-order chi connectivity index (χ0) is 24.2. The fourth-order valence-electron chi connectivity index (χ4n) is 4.59. The Kier molecular flexibility index (Phi) is 7.01. The molecule has 2 aromatic rings. The summed E-state index contributed by atoms with van der Waals surface area (Å²) in [6.45, 7) is 3.15. The molecule has 2 N–H and O–H groups in total. The number of thioether (sulfide) groups is 1. The molecular weight excluding hydrogens is 460 g/mol. The number of para-hydroxylation sites is 1. The number of carbonyl (C=O) groups excluding carboxylic acids is 2. The first-order valence-electron chi connectivity index (χ1n) is 11.8. The monoisotopic (exact) mass is 488 g/mol. The minimum absolute atomic E-state index is 0.0676. The molecule has 5 rings (SSSR count). The van der Waals surface area contributed by atoms with Crippen LogP contribution < -0.4 is 10.6 Å². The minimum Gasteiger partial charge on any atom is -0.376 e.